The van der Waals surface area contributed by atoms with Gasteiger partial charge in [0, 0.05) is 19.6 Å². The van der Waals surface area contributed by atoms with E-state index in [0.29, 0.717) is 6.61 Å². The Labute approximate surface area is 151 Å². The molecular formula is C18H26Cl2N2O. The van der Waals surface area contributed by atoms with Crippen LogP contribution in [0.4, 0.5) is 0 Å². The van der Waals surface area contributed by atoms with Crippen LogP contribution in [0.2, 0.25) is 0 Å². The minimum atomic E-state index is 0. The number of likely N-dealkylation sites (N-methyl/N-ethyl adjacent to an activating group) is 1. The number of halogens is 2. The van der Waals surface area contributed by atoms with Crippen LogP contribution < -0.4 is 10.1 Å². The normalized spacial score (nSPS) is 9.87. The Hall–Kier alpha value is -1.26. The molecule has 0 aliphatic heterocycles. The van der Waals surface area contributed by atoms with Crippen LogP contribution >= 0.6 is 24.8 Å². The molecule has 5 heteroatoms. The third kappa shape index (κ3) is 8.82. The summed E-state index contributed by atoms with van der Waals surface area (Å²) in [4.78, 5) is 2.17. The molecule has 2 rings (SSSR count). The van der Waals surface area contributed by atoms with E-state index in [0.717, 1.165) is 25.4 Å². The van der Waals surface area contributed by atoms with Crippen molar-refractivity contribution >= 4 is 24.8 Å². The summed E-state index contributed by atoms with van der Waals surface area (Å²) in [6.07, 6.45) is 0. The van der Waals surface area contributed by atoms with Crippen LogP contribution in [0.5, 0.6) is 5.75 Å². The van der Waals surface area contributed by atoms with Crippen molar-refractivity contribution in [2.45, 2.75) is 13.2 Å². The van der Waals surface area contributed by atoms with E-state index < -0.39 is 0 Å². The van der Waals surface area contributed by atoms with Gasteiger partial charge in [-0.15, -0.1) is 24.8 Å². The summed E-state index contributed by atoms with van der Waals surface area (Å²) in [5.74, 6) is 0.913. The van der Waals surface area contributed by atoms with Gasteiger partial charge in [-0.1, -0.05) is 42.5 Å². The highest BCUT2D eigenvalue weighted by molar-refractivity contribution is 5.85. The Kier molecular flexibility index (Phi) is 11.5. The molecule has 0 bridgehead atoms. The van der Waals surface area contributed by atoms with Crippen LogP contribution in [-0.2, 0) is 13.2 Å². The van der Waals surface area contributed by atoms with Gasteiger partial charge in [-0.3, -0.25) is 0 Å². The second-order valence-electron chi connectivity index (χ2n) is 5.40. The fraction of sp³-hybridized carbons (Fsp3) is 0.333. The number of ether oxygens (including phenoxy) is 1. The molecule has 0 amide bonds. The highest BCUT2D eigenvalue weighted by Gasteiger charge is 1.97. The zero-order valence-corrected chi connectivity index (χ0v) is 15.3. The van der Waals surface area contributed by atoms with Crippen molar-refractivity contribution in [1.82, 2.24) is 10.2 Å². The van der Waals surface area contributed by atoms with Gasteiger partial charge in [0.1, 0.15) is 12.4 Å². The van der Waals surface area contributed by atoms with Crippen molar-refractivity contribution in [2.75, 3.05) is 27.2 Å². The quantitative estimate of drug-likeness (QED) is 0.728. The van der Waals surface area contributed by atoms with Crippen LogP contribution in [0.25, 0.3) is 0 Å². The van der Waals surface area contributed by atoms with E-state index in [2.05, 4.69) is 48.6 Å². The number of benzene rings is 2. The maximum atomic E-state index is 5.78. The van der Waals surface area contributed by atoms with Crippen LogP contribution in [0.3, 0.4) is 0 Å². The van der Waals surface area contributed by atoms with E-state index in [9.17, 15) is 0 Å². The van der Waals surface area contributed by atoms with Crippen molar-refractivity contribution in [1.29, 1.82) is 0 Å². The fourth-order valence-electron chi connectivity index (χ4n) is 1.98. The third-order valence-electron chi connectivity index (χ3n) is 3.24. The van der Waals surface area contributed by atoms with Gasteiger partial charge in [-0.2, -0.15) is 0 Å². The summed E-state index contributed by atoms with van der Waals surface area (Å²) in [7, 11) is 4.17. The number of hydrogen-bond acceptors (Lipinski definition) is 3. The lowest BCUT2D eigenvalue weighted by Crippen LogP contribution is -2.26. The molecule has 0 fully saturated rings. The molecule has 0 radical (unpaired) electrons. The largest absolute Gasteiger partial charge is 0.489 e. The van der Waals surface area contributed by atoms with Crippen molar-refractivity contribution < 1.29 is 4.74 Å². The molecule has 0 aromatic heterocycles. The first kappa shape index (κ1) is 21.7. The molecule has 23 heavy (non-hydrogen) atoms. The van der Waals surface area contributed by atoms with Gasteiger partial charge in [-0.25, -0.2) is 0 Å². The molecule has 0 aliphatic carbocycles. The second kappa shape index (κ2) is 12.2. The molecule has 0 heterocycles. The molecule has 2 aromatic carbocycles. The molecule has 0 aliphatic rings. The van der Waals surface area contributed by atoms with Crippen molar-refractivity contribution in [3.8, 4) is 5.75 Å². The zero-order chi connectivity index (χ0) is 14.9. The lowest BCUT2D eigenvalue weighted by Gasteiger charge is -2.11. The first-order chi connectivity index (χ1) is 10.2. The maximum absolute atomic E-state index is 5.78. The van der Waals surface area contributed by atoms with Gasteiger partial charge in [0.05, 0.1) is 0 Å². The van der Waals surface area contributed by atoms with Gasteiger partial charge < -0.3 is 15.0 Å². The molecule has 0 saturated carbocycles. The van der Waals surface area contributed by atoms with Crippen LogP contribution in [0.1, 0.15) is 11.1 Å². The van der Waals surface area contributed by atoms with Crippen LogP contribution in [0.15, 0.2) is 54.6 Å². The molecule has 1 N–H and O–H groups in total. The first-order valence-electron chi connectivity index (χ1n) is 7.35. The standard InChI is InChI=1S/C18H24N2O.2ClH/c1-20(2)13-12-19-14-16-8-10-18(11-9-16)21-15-17-6-4-3-5-7-17;;/h3-11,19H,12-15H2,1-2H3;2*1H. The topological polar surface area (TPSA) is 24.5 Å². The summed E-state index contributed by atoms with van der Waals surface area (Å²) >= 11 is 0. The summed E-state index contributed by atoms with van der Waals surface area (Å²) < 4.78 is 5.78. The van der Waals surface area contributed by atoms with Gasteiger partial charge in [0.15, 0.2) is 0 Å². The predicted molar refractivity (Wildman–Crippen MR) is 102 cm³/mol. The maximum Gasteiger partial charge on any atom is 0.119 e. The molecule has 0 atom stereocenters. The van der Waals surface area contributed by atoms with Crippen molar-refractivity contribution in [2.24, 2.45) is 0 Å². The Morgan fingerprint density at radius 2 is 1.52 bits per heavy atom. The molecule has 2 aromatic rings. The first-order valence-corrected chi connectivity index (χ1v) is 7.35. The highest BCUT2D eigenvalue weighted by Crippen LogP contribution is 2.14. The van der Waals surface area contributed by atoms with E-state index in [4.69, 9.17) is 4.74 Å². The Morgan fingerprint density at radius 3 is 2.13 bits per heavy atom. The minimum Gasteiger partial charge on any atom is -0.489 e. The van der Waals surface area contributed by atoms with Gasteiger partial charge in [0.2, 0.25) is 0 Å². The van der Waals surface area contributed by atoms with Gasteiger partial charge in [-0.05, 0) is 37.4 Å². The van der Waals surface area contributed by atoms with Gasteiger partial charge in [0.25, 0.3) is 0 Å². The Morgan fingerprint density at radius 1 is 0.870 bits per heavy atom. The average molecular weight is 357 g/mol. The van der Waals surface area contributed by atoms with E-state index in [1.165, 1.54) is 11.1 Å². The monoisotopic (exact) mass is 356 g/mol. The lowest BCUT2D eigenvalue weighted by molar-refractivity contribution is 0.306. The molecule has 0 saturated heterocycles. The van der Waals surface area contributed by atoms with E-state index in [-0.39, 0.29) is 24.8 Å². The Balaban J connectivity index is 0.00000242. The molecule has 128 valence electrons. The number of hydrogen-bond donors (Lipinski definition) is 1. The minimum absolute atomic E-state index is 0. The predicted octanol–water partition coefficient (Wildman–Crippen LogP) is 3.76. The van der Waals surface area contributed by atoms with E-state index in [1.54, 1.807) is 0 Å². The summed E-state index contributed by atoms with van der Waals surface area (Å²) in [5, 5.41) is 3.43. The molecule has 3 nitrogen and oxygen atoms in total. The van der Waals surface area contributed by atoms with Crippen molar-refractivity contribution in [3.05, 3.63) is 65.7 Å². The number of nitrogens with one attached hydrogen (secondary N) is 1. The zero-order valence-electron chi connectivity index (χ0n) is 13.7. The lowest BCUT2D eigenvalue weighted by atomic mass is 10.2. The fourth-order valence-corrected chi connectivity index (χ4v) is 1.98. The van der Waals surface area contributed by atoms with Crippen molar-refractivity contribution in [3.63, 3.8) is 0 Å². The molecular weight excluding hydrogens is 331 g/mol. The van der Waals surface area contributed by atoms with E-state index >= 15 is 0 Å². The third-order valence-corrected chi connectivity index (χ3v) is 3.24. The smallest absolute Gasteiger partial charge is 0.119 e. The number of rotatable bonds is 8. The molecule has 0 spiro atoms. The Bertz CT molecular complexity index is 518. The van der Waals surface area contributed by atoms with Crippen LogP contribution in [0, 0.1) is 0 Å². The summed E-state index contributed by atoms with van der Waals surface area (Å²) in [6, 6.07) is 18.5. The number of nitrogens with zero attached hydrogens (tertiary/aromatic N) is 1. The highest BCUT2D eigenvalue weighted by atomic mass is 35.5. The average Bonchev–Trinajstić information content (AvgIpc) is 2.51. The molecule has 0 unspecified atom stereocenters. The van der Waals surface area contributed by atoms with Gasteiger partial charge >= 0.3 is 0 Å². The van der Waals surface area contributed by atoms with E-state index in [1.807, 2.05) is 30.3 Å². The second-order valence-corrected chi connectivity index (χ2v) is 5.40. The SMILES string of the molecule is CN(C)CCNCc1ccc(OCc2ccccc2)cc1.Cl.Cl. The van der Waals surface area contributed by atoms with Crippen LogP contribution in [-0.4, -0.2) is 32.1 Å². The summed E-state index contributed by atoms with van der Waals surface area (Å²) in [5.41, 5.74) is 2.47. The summed E-state index contributed by atoms with van der Waals surface area (Å²) in [6.45, 7) is 3.56.